The first kappa shape index (κ1) is 15.2. The molecule has 0 saturated carbocycles. The SMILES string of the molecule is O=C(O)CNC(=O)CNC(=O)N1CCOCC1CO. The van der Waals surface area contributed by atoms with Gasteiger partial charge in [-0.15, -0.1) is 0 Å². The van der Waals surface area contributed by atoms with E-state index < -0.39 is 30.5 Å². The molecule has 0 aromatic rings. The quantitative estimate of drug-likeness (QED) is 0.442. The van der Waals surface area contributed by atoms with Gasteiger partial charge in [-0.05, 0) is 0 Å². The summed E-state index contributed by atoms with van der Waals surface area (Å²) >= 11 is 0. The average Bonchev–Trinajstić information content (AvgIpc) is 2.42. The van der Waals surface area contributed by atoms with E-state index in [0.717, 1.165) is 0 Å². The Bertz CT molecular complexity index is 348. The Kier molecular flexibility index (Phi) is 6.03. The molecule has 0 radical (unpaired) electrons. The van der Waals surface area contributed by atoms with Gasteiger partial charge in [0.05, 0.1) is 32.4 Å². The van der Waals surface area contributed by atoms with Crippen LogP contribution in [0.5, 0.6) is 0 Å². The van der Waals surface area contributed by atoms with Crippen LogP contribution in [-0.2, 0) is 14.3 Å². The van der Waals surface area contributed by atoms with Crippen LogP contribution in [0.15, 0.2) is 0 Å². The van der Waals surface area contributed by atoms with E-state index in [1.165, 1.54) is 4.90 Å². The van der Waals surface area contributed by atoms with Crippen LogP contribution in [0.4, 0.5) is 4.79 Å². The molecule has 1 aliphatic heterocycles. The van der Waals surface area contributed by atoms with Gasteiger partial charge in [0, 0.05) is 6.54 Å². The van der Waals surface area contributed by atoms with Gasteiger partial charge in [0.2, 0.25) is 5.91 Å². The molecule has 0 bridgehead atoms. The number of aliphatic hydroxyl groups excluding tert-OH is 1. The van der Waals surface area contributed by atoms with Crippen molar-refractivity contribution in [2.45, 2.75) is 6.04 Å². The van der Waals surface area contributed by atoms with E-state index in [-0.39, 0.29) is 19.8 Å². The molecule has 3 amide bonds. The van der Waals surface area contributed by atoms with Crippen molar-refractivity contribution in [2.24, 2.45) is 0 Å². The number of aliphatic carboxylic acids is 1. The van der Waals surface area contributed by atoms with Crippen LogP contribution in [0, 0.1) is 0 Å². The normalized spacial score (nSPS) is 18.8. The minimum atomic E-state index is -1.16. The van der Waals surface area contributed by atoms with Crippen molar-refractivity contribution in [1.29, 1.82) is 0 Å². The molecule has 0 aromatic carbocycles. The zero-order valence-corrected chi connectivity index (χ0v) is 10.3. The van der Waals surface area contributed by atoms with Crippen LogP contribution in [-0.4, -0.2) is 78.5 Å². The topological polar surface area (TPSA) is 128 Å². The fourth-order valence-electron chi connectivity index (χ4n) is 1.57. The number of rotatable bonds is 5. The Morgan fingerprint density at radius 1 is 1.26 bits per heavy atom. The summed E-state index contributed by atoms with van der Waals surface area (Å²) in [5.74, 6) is -1.75. The van der Waals surface area contributed by atoms with Crippen molar-refractivity contribution in [1.82, 2.24) is 15.5 Å². The minimum Gasteiger partial charge on any atom is -0.480 e. The number of carbonyl (C=O) groups is 3. The van der Waals surface area contributed by atoms with Crippen LogP contribution in [0.3, 0.4) is 0 Å². The second kappa shape index (κ2) is 7.54. The van der Waals surface area contributed by atoms with E-state index in [2.05, 4.69) is 10.6 Å². The second-order valence-corrected chi connectivity index (χ2v) is 3.93. The highest BCUT2D eigenvalue weighted by Gasteiger charge is 2.26. The lowest BCUT2D eigenvalue weighted by Gasteiger charge is -2.34. The number of carboxylic acids is 1. The predicted molar refractivity (Wildman–Crippen MR) is 62.4 cm³/mol. The minimum absolute atomic E-state index is 0.224. The van der Waals surface area contributed by atoms with Gasteiger partial charge in [-0.3, -0.25) is 9.59 Å². The van der Waals surface area contributed by atoms with Crippen molar-refractivity contribution in [3.8, 4) is 0 Å². The molecule has 4 N–H and O–H groups in total. The number of ether oxygens (including phenoxy) is 1. The number of hydrogen-bond acceptors (Lipinski definition) is 5. The van der Waals surface area contributed by atoms with Gasteiger partial charge in [-0.25, -0.2) is 4.79 Å². The molecule has 0 aromatic heterocycles. The van der Waals surface area contributed by atoms with Crippen LogP contribution < -0.4 is 10.6 Å². The molecule has 1 aliphatic rings. The standard InChI is InChI=1S/C10H17N3O6/c14-5-7-6-19-2-1-13(7)10(18)12-3-8(15)11-4-9(16)17/h7,14H,1-6H2,(H,11,15)(H,12,18)(H,16,17). The van der Waals surface area contributed by atoms with Gasteiger partial charge in [0.1, 0.15) is 6.54 Å². The zero-order valence-electron chi connectivity index (χ0n) is 10.3. The summed E-state index contributed by atoms with van der Waals surface area (Å²) in [7, 11) is 0. The highest BCUT2D eigenvalue weighted by molar-refractivity contribution is 5.86. The Hall–Kier alpha value is -1.87. The molecule has 1 saturated heterocycles. The maximum absolute atomic E-state index is 11.8. The van der Waals surface area contributed by atoms with Gasteiger partial charge in [-0.1, -0.05) is 0 Å². The fraction of sp³-hybridized carbons (Fsp3) is 0.700. The van der Waals surface area contributed by atoms with E-state index in [1.54, 1.807) is 0 Å². The van der Waals surface area contributed by atoms with Crippen molar-refractivity contribution < 1.29 is 29.3 Å². The average molecular weight is 275 g/mol. The summed E-state index contributed by atoms with van der Waals surface area (Å²) in [6.45, 7) is -0.0934. The van der Waals surface area contributed by atoms with Gasteiger partial charge >= 0.3 is 12.0 Å². The first-order chi connectivity index (χ1) is 9.04. The maximum atomic E-state index is 11.8. The summed E-state index contributed by atoms with van der Waals surface area (Å²) in [5.41, 5.74) is 0. The molecule has 1 heterocycles. The maximum Gasteiger partial charge on any atom is 0.322 e. The number of urea groups is 1. The molecule has 1 fully saturated rings. The van der Waals surface area contributed by atoms with E-state index >= 15 is 0 Å². The lowest BCUT2D eigenvalue weighted by Crippen LogP contribution is -2.55. The molecular formula is C10H17N3O6. The third-order valence-corrected chi connectivity index (χ3v) is 2.54. The third-order valence-electron chi connectivity index (χ3n) is 2.54. The molecule has 9 heteroatoms. The van der Waals surface area contributed by atoms with Crippen LogP contribution in [0.2, 0.25) is 0 Å². The lowest BCUT2D eigenvalue weighted by atomic mass is 10.2. The molecule has 1 unspecified atom stereocenters. The van der Waals surface area contributed by atoms with E-state index in [0.29, 0.717) is 13.2 Å². The number of morpholine rings is 1. The van der Waals surface area contributed by atoms with Crippen LogP contribution in [0.25, 0.3) is 0 Å². The largest absolute Gasteiger partial charge is 0.480 e. The summed E-state index contributed by atoms with van der Waals surface area (Å²) < 4.78 is 5.12. The van der Waals surface area contributed by atoms with Crippen molar-refractivity contribution >= 4 is 17.9 Å². The summed E-state index contributed by atoms with van der Waals surface area (Å²) in [4.78, 5) is 34.6. The van der Waals surface area contributed by atoms with Crippen LogP contribution >= 0.6 is 0 Å². The molecule has 1 rings (SSSR count). The van der Waals surface area contributed by atoms with E-state index in [1.807, 2.05) is 0 Å². The molecular weight excluding hydrogens is 258 g/mol. The number of carboxylic acid groups (broad SMARTS) is 1. The summed E-state index contributed by atoms with van der Waals surface area (Å²) in [5, 5.41) is 21.9. The number of aliphatic hydroxyl groups is 1. The first-order valence-electron chi connectivity index (χ1n) is 5.76. The zero-order chi connectivity index (χ0) is 14.3. The summed E-state index contributed by atoms with van der Waals surface area (Å²) in [6, 6.07) is -0.927. The second-order valence-electron chi connectivity index (χ2n) is 3.93. The third kappa shape index (κ3) is 5.10. The number of nitrogens with one attached hydrogen (secondary N) is 2. The highest BCUT2D eigenvalue weighted by Crippen LogP contribution is 2.06. The van der Waals surface area contributed by atoms with Gasteiger partial charge in [0.15, 0.2) is 0 Å². The molecule has 0 aliphatic carbocycles. The lowest BCUT2D eigenvalue weighted by molar-refractivity contribution is -0.137. The highest BCUT2D eigenvalue weighted by atomic mass is 16.5. The van der Waals surface area contributed by atoms with E-state index in [9.17, 15) is 14.4 Å². The fourth-order valence-corrected chi connectivity index (χ4v) is 1.57. The number of carbonyl (C=O) groups excluding carboxylic acids is 2. The Balaban J connectivity index is 2.33. The number of nitrogens with zero attached hydrogens (tertiary/aromatic N) is 1. The molecule has 1 atom stereocenters. The molecule has 9 nitrogen and oxygen atoms in total. The number of hydrogen-bond donors (Lipinski definition) is 4. The Morgan fingerprint density at radius 3 is 2.63 bits per heavy atom. The van der Waals surface area contributed by atoms with Crippen molar-refractivity contribution in [2.75, 3.05) is 39.5 Å². The van der Waals surface area contributed by atoms with Gasteiger partial charge in [0.25, 0.3) is 0 Å². The molecule has 19 heavy (non-hydrogen) atoms. The summed E-state index contributed by atoms with van der Waals surface area (Å²) in [6.07, 6.45) is 0. The van der Waals surface area contributed by atoms with Crippen molar-refractivity contribution in [3.63, 3.8) is 0 Å². The Morgan fingerprint density at radius 2 is 2.00 bits per heavy atom. The smallest absolute Gasteiger partial charge is 0.322 e. The Labute approximate surface area is 109 Å². The monoisotopic (exact) mass is 275 g/mol. The molecule has 108 valence electrons. The molecule has 0 spiro atoms. The van der Waals surface area contributed by atoms with Crippen LogP contribution in [0.1, 0.15) is 0 Å². The first-order valence-corrected chi connectivity index (χ1v) is 5.76. The van der Waals surface area contributed by atoms with Gasteiger partial charge < -0.3 is 30.5 Å². The van der Waals surface area contributed by atoms with Crippen molar-refractivity contribution in [3.05, 3.63) is 0 Å². The van der Waals surface area contributed by atoms with Gasteiger partial charge in [-0.2, -0.15) is 0 Å². The number of amides is 3. The predicted octanol–water partition coefficient (Wildman–Crippen LogP) is -2.41. The van der Waals surface area contributed by atoms with E-state index in [4.69, 9.17) is 14.9 Å².